The lowest BCUT2D eigenvalue weighted by Gasteiger charge is -2.45. The molecule has 1 aromatic heterocycles. The van der Waals surface area contributed by atoms with Crippen molar-refractivity contribution in [2.45, 2.75) is 61.6 Å². The van der Waals surface area contributed by atoms with E-state index in [2.05, 4.69) is 42.9 Å². The Kier molecular flexibility index (Phi) is 10.4. The molecular weight excluding hydrogens is 674 g/mol. The molecule has 2 heterocycles. The van der Waals surface area contributed by atoms with Crippen LogP contribution < -0.4 is 9.64 Å². The summed E-state index contributed by atoms with van der Waals surface area (Å²) >= 11 is 11.8. The molecule has 0 saturated heterocycles. The van der Waals surface area contributed by atoms with Crippen molar-refractivity contribution >= 4 is 50.9 Å². The molecule has 3 aliphatic rings. The van der Waals surface area contributed by atoms with Crippen molar-refractivity contribution in [3.05, 3.63) is 87.1 Å². The number of anilines is 1. The summed E-state index contributed by atoms with van der Waals surface area (Å²) in [4.78, 5) is 23.5. The van der Waals surface area contributed by atoms with Crippen molar-refractivity contribution in [2.75, 3.05) is 37.5 Å². The van der Waals surface area contributed by atoms with Gasteiger partial charge in [0.05, 0.1) is 31.1 Å². The monoisotopic (exact) mass is 711 g/mol. The zero-order valence-electron chi connectivity index (χ0n) is 25.5. The van der Waals surface area contributed by atoms with Gasteiger partial charge >= 0.3 is 5.97 Å². The predicted octanol–water partition coefficient (Wildman–Crippen LogP) is 7.63. The summed E-state index contributed by atoms with van der Waals surface area (Å²) in [5.74, 6) is 1.79. The molecule has 1 saturated carbocycles. The quantitative estimate of drug-likeness (QED) is 0.0995. The Morgan fingerprint density at radius 2 is 2.11 bits per heavy atom. The smallest absolute Gasteiger partial charge is 0.337 e. The van der Waals surface area contributed by atoms with Crippen LogP contribution in [0.2, 0.25) is 5.02 Å². The molecule has 1 unspecified atom stereocenters. The number of thioether (sulfide) groups is 1. The predicted molar refractivity (Wildman–Crippen MR) is 183 cm³/mol. The minimum atomic E-state index is -0.529. The summed E-state index contributed by atoms with van der Waals surface area (Å²) in [6, 6.07) is 13.7. The van der Waals surface area contributed by atoms with Crippen LogP contribution in [-0.2, 0) is 16.6 Å². The normalized spacial score (nSPS) is 23.3. The first kappa shape index (κ1) is 32.4. The molecule has 6 rings (SSSR count). The van der Waals surface area contributed by atoms with Gasteiger partial charge in [0.2, 0.25) is 0 Å². The fraction of sp³-hybridized carbons (Fsp3) is 0.457. The average Bonchev–Trinajstić information content (AvgIpc) is 3.18. The molecule has 238 valence electrons. The van der Waals surface area contributed by atoms with Gasteiger partial charge in [-0.25, -0.2) is 14.8 Å². The lowest BCUT2D eigenvalue weighted by Crippen LogP contribution is -2.49. The van der Waals surface area contributed by atoms with Gasteiger partial charge in [-0.3, -0.25) is 0 Å². The molecular formula is C35H39BrClN3O4S. The lowest BCUT2D eigenvalue weighted by atomic mass is 9.68. The van der Waals surface area contributed by atoms with Gasteiger partial charge in [-0.15, -0.1) is 0 Å². The van der Waals surface area contributed by atoms with Crippen LogP contribution in [0.25, 0.3) is 0 Å². The fourth-order valence-electron chi connectivity index (χ4n) is 7.07. The number of benzene rings is 2. The number of rotatable bonds is 10. The van der Waals surface area contributed by atoms with Crippen molar-refractivity contribution in [1.29, 1.82) is 0 Å². The minimum absolute atomic E-state index is 0.162. The molecule has 1 aliphatic heterocycles. The van der Waals surface area contributed by atoms with Gasteiger partial charge in [0.25, 0.3) is 0 Å². The third-order valence-corrected chi connectivity index (χ3v) is 11.4. The van der Waals surface area contributed by atoms with Crippen molar-refractivity contribution < 1.29 is 19.4 Å². The number of hydrogen-bond donors (Lipinski definition) is 1. The van der Waals surface area contributed by atoms with Crippen LogP contribution in [-0.4, -0.2) is 59.7 Å². The number of esters is 1. The van der Waals surface area contributed by atoms with Crippen LogP contribution in [0.1, 0.15) is 60.0 Å². The highest BCUT2D eigenvalue weighted by atomic mass is 79.9. The van der Waals surface area contributed by atoms with Crippen molar-refractivity contribution in [2.24, 2.45) is 11.8 Å². The minimum Gasteiger partial charge on any atom is -0.490 e. The van der Waals surface area contributed by atoms with Crippen LogP contribution in [0.15, 0.2) is 70.6 Å². The molecule has 2 aromatic carbocycles. The van der Waals surface area contributed by atoms with Crippen molar-refractivity contribution in [3.8, 4) is 5.75 Å². The third kappa shape index (κ3) is 7.37. The van der Waals surface area contributed by atoms with Gasteiger partial charge in [-0.2, -0.15) is 0 Å². The number of methoxy groups -OCH3 is 1. The van der Waals surface area contributed by atoms with E-state index in [0.29, 0.717) is 18.1 Å². The Morgan fingerprint density at radius 1 is 1.27 bits per heavy atom. The Hall–Kier alpha value is -2.59. The van der Waals surface area contributed by atoms with Crippen LogP contribution in [0.5, 0.6) is 5.75 Å². The third-order valence-electron chi connectivity index (χ3n) is 9.51. The van der Waals surface area contributed by atoms with Crippen LogP contribution in [0.4, 0.5) is 5.69 Å². The molecule has 2 aliphatic carbocycles. The number of carbonyl (C=O) groups excluding carboxylic acids is 1. The Morgan fingerprint density at radius 3 is 2.89 bits per heavy atom. The molecule has 0 bridgehead atoms. The van der Waals surface area contributed by atoms with E-state index in [0.717, 1.165) is 89.9 Å². The first-order valence-corrected chi connectivity index (χ1v) is 17.8. The van der Waals surface area contributed by atoms with Gasteiger partial charge in [-0.05, 0) is 115 Å². The molecule has 1 spiro atoms. The number of aliphatic hydroxyl groups excluding tert-OH is 1. The Bertz CT molecular complexity index is 1540. The number of carbonyl (C=O) groups is 1. The summed E-state index contributed by atoms with van der Waals surface area (Å²) in [5, 5.41) is 12.9. The van der Waals surface area contributed by atoms with E-state index in [1.807, 2.05) is 30.3 Å². The van der Waals surface area contributed by atoms with Gasteiger partial charge in [0.1, 0.15) is 5.75 Å². The first-order chi connectivity index (χ1) is 21.8. The molecule has 0 amide bonds. The van der Waals surface area contributed by atoms with E-state index in [-0.39, 0.29) is 17.3 Å². The van der Waals surface area contributed by atoms with E-state index in [9.17, 15) is 9.90 Å². The maximum absolute atomic E-state index is 12.5. The molecule has 7 nitrogen and oxygen atoms in total. The van der Waals surface area contributed by atoms with Crippen molar-refractivity contribution in [3.63, 3.8) is 0 Å². The summed E-state index contributed by atoms with van der Waals surface area (Å²) in [5.41, 5.74) is 3.81. The summed E-state index contributed by atoms with van der Waals surface area (Å²) < 4.78 is 12.6. The maximum Gasteiger partial charge on any atom is 0.337 e. The number of nitrogens with zero attached hydrogens (tertiary/aromatic N) is 3. The summed E-state index contributed by atoms with van der Waals surface area (Å²) in [6.07, 6.45) is 11.9. The molecule has 3 aromatic rings. The second kappa shape index (κ2) is 14.4. The molecule has 1 fully saturated rings. The number of fused-ring (bicyclic) bond motifs is 3. The molecule has 1 N–H and O–H groups in total. The highest BCUT2D eigenvalue weighted by Crippen LogP contribution is 2.47. The molecule has 45 heavy (non-hydrogen) atoms. The maximum atomic E-state index is 12.5. The SMILES string of the molecule is COC(=O)c1ccc2c(c1)N(C[C@@H]1CC[C@H]1[C@@H](O)/C=C(\Br)CCCSc1ncccn1)CC1(CCCc3cc(Cl)ccc31)CO2. The zero-order valence-corrected chi connectivity index (χ0v) is 28.6. The van der Waals surface area contributed by atoms with Crippen LogP contribution in [0, 0.1) is 11.8 Å². The Labute approximate surface area is 282 Å². The topological polar surface area (TPSA) is 84.8 Å². The first-order valence-electron chi connectivity index (χ1n) is 15.7. The zero-order chi connectivity index (χ0) is 31.4. The van der Waals surface area contributed by atoms with Crippen LogP contribution >= 0.6 is 39.3 Å². The second-order valence-corrected chi connectivity index (χ2v) is 14.9. The fourth-order valence-corrected chi connectivity index (χ4v) is 8.56. The van der Waals surface area contributed by atoms with E-state index in [1.54, 1.807) is 30.2 Å². The van der Waals surface area contributed by atoms with E-state index < -0.39 is 6.10 Å². The number of ether oxygens (including phenoxy) is 2. The van der Waals surface area contributed by atoms with Gasteiger partial charge in [0.15, 0.2) is 5.16 Å². The van der Waals surface area contributed by atoms with Crippen LogP contribution in [0.3, 0.4) is 0 Å². The van der Waals surface area contributed by atoms with Crippen molar-refractivity contribution in [1.82, 2.24) is 9.97 Å². The number of halogens is 2. The van der Waals surface area contributed by atoms with Gasteiger partial charge < -0.3 is 19.5 Å². The highest BCUT2D eigenvalue weighted by Gasteiger charge is 2.44. The number of aromatic nitrogens is 2. The average molecular weight is 713 g/mol. The van der Waals surface area contributed by atoms with Gasteiger partial charge in [-0.1, -0.05) is 45.4 Å². The summed E-state index contributed by atoms with van der Waals surface area (Å²) in [7, 11) is 1.41. The second-order valence-electron chi connectivity index (χ2n) is 12.4. The standard InChI is InChI=1S/C35H39BrClN3O4S/c1-43-33(42)24-8-12-32-30(18-24)40(21-35(22-44-32)13-2-5-23-17-27(37)9-11-29(23)35)20-25-7-10-28(25)31(41)19-26(36)6-3-16-45-34-38-14-4-15-39-34/h4,8-9,11-12,14-15,17-19,25,28,31,41H,2-3,5-7,10,13,16,20-22H2,1H3/b26-19-/t25-,28+,31-,35?/m0/s1. The molecule has 10 heteroatoms. The van der Waals surface area contributed by atoms with E-state index in [1.165, 1.54) is 18.2 Å². The number of allylic oxidation sites excluding steroid dienone is 1. The lowest BCUT2D eigenvalue weighted by molar-refractivity contribution is 0.0455. The van der Waals surface area contributed by atoms with E-state index >= 15 is 0 Å². The number of aryl methyl sites for hydroxylation is 1. The molecule has 4 atom stereocenters. The summed E-state index contributed by atoms with van der Waals surface area (Å²) in [6.45, 7) is 2.09. The largest absolute Gasteiger partial charge is 0.490 e. The van der Waals surface area contributed by atoms with E-state index in [4.69, 9.17) is 21.1 Å². The van der Waals surface area contributed by atoms with Gasteiger partial charge in [0, 0.05) is 41.7 Å². The number of hydrogen-bond acceptors (Lipinski definition) is 8. The highest BCUT2D eigenvalue weighted by molar-refractivity contribution is 9.11. The number of aliphatic hydroxyl groups is 1. The molecule has 0 radical (unpaired) electrons. The Balaban J connectivity index is 1.19.